The molecule has 1 saturated heterocycles. The normalized spacial score (nSPS) is 14.6. The molecule has 0 unspecified atom stereocenters. The molecule has 0 atom stereocenters. The Labute approximate surface area is 150 Å². The molecule has 0 aliphatic carbocycles. The highest BCUT2D eigenvalue weighted by Gasteiger charge is 2.18. The Morgan fingerprint density at radius 2 is 1.83 bits per heavy atom. The summed E-state index contributed by atoms with van der Waals surface area (Å²) in [6, 6.07) is 7.20. The lowest BCUT2D eigenvalue weighted by Gasteiger charge is -2.32. The molecule has 24 heavy (non-hydrogen) atoms. The standard InChI is InChI=1S/C16H17Cl2N5O/c1-11-8-15(20-12-2-3-13(17)14(18)9-12)21-16(19-11)23-6-4-22(10-24)5-7-23/h2-3,8-10H,4-7H2,1H3,(H,19,20,21). The number of hydrogen-bond donors (Lipinski definition) is 1. The van der Waals surface area contributed by atoms with Crippen LogP contribution in [0.3, 0.4) is 0 Å². The summed E-state index contributed by atoms with van der Waals surface area (Å²) in [5, 5.41) is 4.22. The van der Waals surface area contributed by atoms with Crippen molar-refractivity contribution >= 4 is 47.1 Å². The van der Waals surface area contributed by atoms with Crippen LogP contribution in [0.4, 0.5) is 17.5 Å². The highest BCUT2D eigenvalue weighted by atomic mass is 35.5. The van der Waals surface area contributed by atoms with Crippen LogP contribution < -0.4 is 10.2 Å². The molecule has 1 N–H and O–H groups in total. The predicted molar refractivity (Wildman–Crippen MR) is 96.4 cm³/mol. The molecule has 0 radical (unpaired) electrons. The third-order valence-electron chi connectivity index (χ3n) is 3.78. The molecule has 126 valence electrons. The first-order valence-electron chi connectivity index (χ1n) is 7.57. The average Bonchev–Trinajstić information content (AvgIpc) is 2.58. The zero-order valence-electron chi connectivity index (χ0n) is 13.2. The molecular formula is C16H17Cl2N5O. The summed E-state index contributed by atoms with van der Waals surface area (Å²) < 4.78 is 0. The summed E-state index contributed by atoms with van der Waals surface area (Å²) in [6.07, 6.45) is 0.881. The summed E-state index contributed by atoms with van der Waals surface area (Å²) in [4.78, 5) is 23.7. The van der Waals surface area contributed by atoms with Crippen LogP contribution in [0.15, 0.2) is 24.3 Å². The van der Waals surface area contributed by atoms with E-state index in [0.717, 1.165) is 17.8 Å². The van der Waals surface area contributed by atoms with Crippen LogP contribution >= 0.6 is 23.2 Å². The van der Waals surface area contributed by atoms with Gasteiger partial charge in [-0.3, -0.25) is 4.79 Å². The topological polar surface area (TPSA) is 61.4 Å². The summed E-state index contributed by atoms with van der Waals surface area (Å²) in [6.45, 7) is 4.71. The van der Waals surface area contributed by atoms with Gasteiger partial charge in [0.1, 0.15) is 5.82 Å². The number of amides is 1. The molecule has 8 heteroatoms. The first kappa shape index (κ1) is 16.8. The number of halogens is 2. The van der Waals surface area contributed by atoms with E-state index in [0.29, 0.717) is 48.0 Å². The van der Waals surface area contributed by atoms with E-state index in [1.807, 2.05) is 19.1 Å². The van der Waals surface area contributed by atoms with Gasteiger partial charge in [-0.15, -0.1) is 0 Å². The molecule has 1 aliphatic rings. The lowest BCUT2D eigenvalue weighted by atomic mass is 10.3. The van der Waals surface area contributed by atoms with Gasteiger partial charge in [0.05, 0.1) is 10.0 Å². The molecule has 1 fully saturated rings. The Morgan fingerprint density at radius 3 is 2.50 bits per heavy atom. The fourth-order valence-electron chi connectivity index (χ4n) is 2.51. The number of carbonyl (C=O) groups is 1. The van der Waals surface area contributed by atoms with Gasteiger partial charge in [0.15, 0.2) is 0 Å². The lowest BCUT2D eigenvalue weighted by Crippen LogP contribution is -2.46. The Balaban J connectivity index is 1.78. The van der Waals surface area contributed by atoms with E-state index in [1.165, 1.54) is 0 Å². The van der Waals surface area contributed by atoms with Crippen molar-refractivity contribution in [2.75, 3.05) is 36.4 Å². The van der Waals surface area contributed by atoms with Gasteiger partial charge in [-0.05, 0) is 25.1 Å². The van der Waals surface area contributed by atoms with Crippen LogP contribution in [-0.4, -0.2) is 47.5 Å². The monoisotopic (exact) mass is 365 g/mol. The third-order valence-corrected chi connectivity index (χ3v) is 4.52. The first-order valence-corrected chi connectivity index (χ1v) is 8.33. The van der Waals surface area contributed by atoms with Gasteiger partial charge in [0.25, 0.3) is 0 Å². The van der Waals surface area contributed by atoms with Crippen LogP contribution in [0.2, 0.25) is 10.0 Å². The second-order valence-electron chi connectivity index (χ2n) is 5.58. The van der Waals surface area contributed by atoms with Gasteiger partial charge in [0, 0.05) is 43.6 Å². The summed E-state index contributed by atoms with van der Waals surface area (Å²) in [7, 11) is 0. The van der Waals surface area contributed by atoms with E-state index in [-0.39, 0.29) is 0 Å². The van der Waals surface area contributed by atoms with Crippen LogP contribution in [0.1, 0.15) is 5.69 Å². The molecule has 1 aromatic carbocycles. The highest BCUT2D eigenvalue weighted by molar-refractivity contribution is 6.42. The smallest absolute Gasteiger partial charge is 0.227 e. The van der Waals surface area contributed by atoms with Crippen molar-refractivity contribution in [3.8, 4) is 0 Å². The van der Waals surface area contributed by atoms with Crippen molar-refractivity contribution in [1.29, 1.82) is 0 Å². The van der Waals surface area contributed by atoms with Crippen LogP contribution in [0.25, 0.3) is 0 Å². The minimum absolute atomic E-state index is 0.484. The zero-order chi connectivity index (χ0) is 17.1. The molecule has 0 spiro atoms. The molecule has 1 amide bonds. The Morgan fingerprint density at radius 1 is 1.08 bits per heavy atom. The Hall–Kier alpha value is -2.05. The molecule has 3 rings (SSSR count). The van der Waals surface area contributed by atoms with Crippen molar-refractivity contribution in [3.05, 3.63) is 40.0 Å². The quantitative estimate of drug-likeness (QED) is 0.843. The van der Waals surface area contributed by atoms with Gasteiger partial charge >= 0.3 is 0 Å². The van der Waals surface area contributed by atoms with Gasteiger partial charge in [-0.25, -0.2) is 4.98 Å². The number of aromatic nitrogens is 2. The number of nitrogens with one attached hydrogen (secondary N) is 1. The average molecular weight is 366 g/mol. The van der Waals surface area contributed by atoms with Crippen molar-refractivity contribution in [3.63, 3.8) is 0 Å². The number of rotatable bonds is 4. The number of nitrogens with zero attached hydrogens (tertiary/aromatic N) is 4. The minimum Gasteiger partial charge on any atom is -0.342 e. The van der Waals surface area contributed by atoms with E-state index in [2.05, 4.69) is 20.2 Å². The van der Waals surface area contributed by atoms with Crippen LogP contribution in [-0.2, 0) is 4.79 Å². The van der Waals surface area contributed by atoms with E-state index in [9.17, 15) is 4.79 Å². The molecular weight excluding hydrogens is 349 g/mol. The summed E-state index contributed by atoms with van der Waals surface area (Å²) >= 11 is 12.0. The first-order chi connectivity index (χ1) is 11.5. The van der Waals surface area contributed by atoms with Crippen molar-refractivity contribution < 1.29 is 4.79 Å². The molecule has 1 aromatic heterocycles. The Kier molecular flexibility index (Phi) is 5.06. The number of aryl methyl sites for hydroxylation is 1. The van der Waals surface area contributed by atoms with Gasteiger partial charge in [-0.1, -0.05) is 23.2 Å². The van der Waals surface area contributed by atoms with E-state index in [1.54, 1.807) is 17.0 Å². The second kappa shape index (κ2) is 7.23. The largest absolute Gasteiger partial charge is 0.342 e. The highest BCUT2D eigenvalue weighted by Crippen LogP contribution is 2.27. The lowest BCUT2D eigenvalue weighted by molar-refractivity contribution is -0.118. The fraction of sp³-hybridized carbons (Fsp3) is 0.312. The van der Waals surface area contributed by atoms with Crippen molar-refractivity contribution in [1.82, 2.24) is 14.9 Å². The molecule has 6 nitrogen and oxygen atoms in total. The minimum atomic E-state index is 0.484. The molecule has 0 bridgehead atoms. The molecule has 2 aromatic rings. The Bertz CT molecular complexity index is 747. The molecule has 0 saturated carbocycles. The van der Waals surface area contributed by atoms with E-state index >= 15 is 0 Å². The van der Waals surface area contributed by atoms with Crippen molar-refractivity contribution in [2.24, 2.45) is 0 Å². The predicted octanol–water partition coefficient (Wildman–Crippen LogP) is 3.11. The van der Waals surface area contributed by atoms with Crippen LogP contribution in [0.5, 0.6) is 0 Å². The second-order valence-corrected chi connectivity index (χ2v) is 6.39. The number of piperazine rings is 1. The number of benzene rings is 1. The van der Waals surface area contributed by atoms with Gasteiger partial charge < -0.3 is 15.1 Å². The molecule has 2 heterocycles. The zero-order valence-corrected chi connectivity index (χ0v) is 14.7. The van der Waals surface area contributed by atoms with E-state index in [4.69, 9.17) is 23.2 Å². The van der Waals surface area contributed by atoms with Gasteiger partial charge in [-0.2, -0.15) is 4.98 Å². The fourth-order valence-corrected chi connectivity index (χ4v) is 2.81. The van der Waals surface area contributed by atoms with Crippen LogP contribution in [0, 0.1) is 6.92 Å². The maximum Gasteiger partial charge on any atom is 0.227 e. The van der Waals surface area contributed by atoms with Crippen molar-refractivity contribution in [2.45, 2.75) is 6.92 Å². The maximum atomic E-state index is 10.8. The summed E-state index contributed by atoms with van der Waals surface area (Å²) in [5.41, 5.74) is 1.67. The van der Waals surface area contributed by atoms with E-state index < -0.39 is 0 Å². The summed E-state index contributed by atoms with van der Waals surface area (Å²) in [5.74, 6) is 1.34. The number of anilines is 3. The number of carbonyl (C=O) groups excluding carboxylic acids is 1. The van der Waals surface area contributed by atoms with Gasteiger partial charge in [0.2, 0.25) is 12.4 Å². The third kappa shape index (κ3) is 3.88. The maximum absolute atomic E-state index is 10.8. The molecule has 1 aliphatic heterocycles. The SMILES string of the molecule is Cc1cc(Nc2ccc(Cl)c(Cl)c2)nc(N2CCN(C=O)CC2)n1. The number of hydrogen-bond acceptors (Lipinski definition) is 5.